The Hall–Kier alpha value is -1.70. The van der Waals surface area contributed by atoms with Crippen LogP contribution in [0.2, 0.25) is 0 Å². The third kappa shape index (κ3) is 5.21. The van der Waals surface area contributed by atoms with E-state index in [4.69, 9.17) is 0 Å². The van der Waals surface area contributed by atoms with E-state index in [1.807, 2.05) is 25.1 Å². The molecule has 0 aliphatic heterocycles. The van der Waals surface area contributed by atoms with E-state index in [9.17, 15) is 8.78 Å². The second-order valence-corrected chi connectivity index (χ2v) is 10.2. The van der Waals surface area contributed by atoms with Gasteiger partial charge in [-0.05, 0) is 110 Å². The quantitative estimate of drug-likeness (QED) is 0.390. The van der Waals surface area contributed by atoms with Crippen molar-refractivity contribution in [3.63, 3.8) is 0 Å². The molecule has 31 heavy (non-hydrogen) atoms. The fourth-order valence-electron chi connectivity index (χ4n) is 6.21. The molecule has 2 aromatic rings. The summed E-state index contributed by atoms with van der Waals surface area (Å²) in [6.45, 7) is 5.97. The number of hydrogen-bond donors (Lipinski definition) is 0. The number of allylic oxidation sites excluding steroid dienone is 1. The molecule has 0 aromatic heterocycles. The molecule has 0 amide bonds. The normalized spacial score (nSPS) is 26.8. The van der Waals surface area contributed by atoms with Crippen molar-refractivity contribution in [3.8, 4) is 0 Å². The van der Waals surface area contributed by atoms with Crippen molar-refractivity contribution in [3.05, 3.63) is 59.7 Å². The fourth-order valence-corrected chi connectivity index (χ4v) is 6.21. The average molecular weight is 425 g/mol. The summed E-state index contributed by atoms with van der Waals surface area (Å²) >= 11 is 0. The van der Waals surface area contributed by atoms with Crippen molar-refractivity contribution in [2.24, 2.45) is 23.7 Å². The largest absolute Gasteiger partial charge is 0.203 e. The lowest BCUT2D eigenvalue weighted by Gasteiger charge is -2.37. The molecule has 2 heteroatoms. The molecule has 2 aliphatic rings. The molecule has 2 aromatic carbocycles. The van der Waals surface area contributed by atoms with Gasteiger partial charge >= 0.3 is 0 Å². The highest BCUT2D eigenvalue weighted by Gasteiger charge is 2.30. The van der Waals surface area contributed by atoms with E-state index in [0.29, 0.717) is 17.4 Å². The molecule has 2 saturated carbocycles. The Morgan fingerprint density at radius 3 is 2.19 bits per heavy atom. The Morgan fingerprint density at radius 2 is 1.55 bits per heavy atom. The monoisotopic (exact) mass is 424 g/mol. The minimum atomic E-state index is -0.672. The van der Waals surface area contributed by atoms with E-state index in [1.165, 1.54) is 57.8 Å². The number of benzene rings is 2. The van der Waals surface area contributed by atoms with Gasteiger partial charge < -0.3 is 0 Å². The maximum atomic E-state index is 14.6. The van der Waals surface area contributed by atoms with Crippen LogP contribution in [-0.2, 0) is 12.8 Å². The van der Waals surface area contributed by atoms with E-state index in [0.717, 1.165) is 47.5 Å². The lowest BCUT2D eigenvalue weighted by Crippen LogP contribution is -2.25. The summed E-state index contributed by atoms with van der Waals surface area (Å²) in [5.41, 5.74) is 1.63. The van der Waals surface area contributed by atoms with Gasteiger partial charge in [-0.3, -0.25) is 0 Å². The van der Waals surface area contributed by atoms with Crippen molar-refractivity contribution >= 4 is 10.8 Å². The van der Waals surface area contributed by atoms with Crippen LogP contribution in [0.4, 0.5) is 8.78 Å². The second kappa shape index (κ2) is 10.3. The number of halogens is 2. The molecule has 0 heterocycles. The van der Waals surface area contributed by atoms with Gasteiger partial charge in [-0.15, -0.1) is 6.58 Å². The minimum absolute atomic E-state index is 0.439. The average Bonchev–Trinajstić information content (AvgIpc) is 2.82. The van der Waals surface area contributed by atoms with Crippen LogP contribution in [0.5, 0.6) is 0 Å². The van der Waals surface area contributed by atoms with Crippen LogP contribution in [-0.4, -0.2) is 0 Å². The van der Waals surface area contributed by atoms with Crippen LogP contribution >= 0.6 is 0 Å². The summed E-state index contributed by atoms with van der Waals surface area (Å²) in [5.74, 6) is 2.07. The zero-order valence-corrected chi connectivity index (χ0v) is 19.1. The van der Waals surface area contributed by atoms with Crippen molar-refractivity contribution < 1.29 is 8.78 Å². The zero-order chi connectivity index (χ0) is 21.8. The Morgan fingerprint density at radius 1 is 0.871 bits per heavy atom. The van der Waals surface area contributed by atoms with Gasteiger partial charge in [0.1, 0.15) is 0 Å². The topological polar surface area (TPSA) is 0 Å². The molecule has 0 atom stereocenters. The molecule has 168 valence electrons. The molecular formula is C29H38F2. The molecule has 2 aliphatic carbocycles. The van der Waals surface area contributed by atoms with Gasteiger partial charge in [0.25, 0.3) is 0 Å². The lowest BCUT2D eigenvalue weighted by molar-refractivity contribution is 0.153. The van der Waals surface area contributed by atoms with Crippen LogP contribution in [0.1, 0.15) is 82.3 Å². The predicted molar refractivity (Wildman–Crippen MR) is 127 cm³/mol. The highest BCUT2D eigenvalue weighted by Crippen LogP contribution is 2.42. The first-order chi connectivity index (χ1) is 15.1. The molecule has 0 radical (unpaired) electrons. The van der Waals surface area contributed by atoms with Crippen molar-refractivity contribution in [2.75, 3.05) is 0 Å². The van der Waals surface area contributed by atoms with E-state index in [1.54, 1.807) is 0 Å². The van der Waals surface area contributed by atoms with Gasteiger partial charge in [0, 0.05) is 5.39 Å². The van der Waals surface area contributed by atoms with E-state index in [-0.39, 0.29) is 0 Å². The van der Waals surface area contributed by atoms with Gasteiger partial charge in [-0.1, -0.05) is 44.4 Å². The highest BCUT2D eigenvalue weighted by molar-refractivity contribution is 5.84. The summed E-state index contributed by atoms with van der Waals surface area (Å²) in [6, 6.07) is 7.79. The van der Waals surface area contributed by atoms with E-state index < -0.39 is 11.6 Å². The first-order valence-electron chi connectivity index (χ1n) is 12.6. The molecule has 2 fully saturated rings. The minimum Gasteiger partial charge on any atom is -0.203 e. The number of aryl methyl sites for hydroxylation is 2. The highest BCUT2D eigenvalue weighted by atomic mass is 19.2. The summed E-state index contributed by atoms with van der Waals surface area (Å²) < 4.78 is 29.0. The Labute approximate surface area is 187 Å². The standard InChI is InChI=1S/C29H38F2/c1-3-5-26-19-25-17-12-22(18-27(25)29(31)28(26)30)7-6-21-10-15-24(16-11-21)23-13-8-20(4-2)9-14-23/h4,12,17-21,23-24H,2-3,5-11,13-16H2,1H3. The number of rotatable bonds is 7. The maximum Gasteiger partial charge on any atom is 0.166 e. The lowest BCUT2D eigenvalue weighted by atomic mass is 9.68. The summed E-state index contributed by atoms with van der Waals surface area (Å²) in [6.07, 6.45) is 16.6. The van der Waals surface area contributed by atoms with Crippen LogP contribution in [0, 0.1) is 35.3 Å². The molecular weight excluding hydrogens is 386 g/mol. The van der Waals surface area contributed by atoms with Crippen LogP contribution in [0.25, 0.3) is 10.8 Å². The number of hydrogen-bond acceptors (Lipinski definition) is 0. The maximum absolute atomic E-state index is 14.6. The van der Waals surface area contributed by atoms with Crippen molar-refractivity contribution in [1.29, 1.82) is 0 Å². The van der Waals surface area contributed by atoms with Crippen LogP contribution < -0.4 is 0 Å². The Bertz CT molecular complexity index is 883. The van der Waals surface area contributed by atoms with Gasteiger partial charge in [0.05, 0.1) is 0 Å². The molecule has 0 unspecified atom stereocenters. The first-order valence-corrected chi connectivity index (χ1v) is 12.6. The molecule has 0 bridgehead atoms. The van der Waals surface area contributed by atoms with Crippen LogP contribution in [0.3, 0.4) is 0 Å². The summed E-state index contributed by atoms with van der Waals surface area (Å²) in [5, 5.41) is 1.26. The van der Waals surface area contributed by atoms with Gasteiger partial charge in [0.15, 0.2) is 11.6 Å². The van der Waals surface area contributed by atoms with Gasteiger partial charge in [0.2, 0.25) is 0 Å². The molecule has 0 saturated heterocycles. The Balaban J connectivity index is 1.31. The second-order valence-electron chi connectivity index (χ2n) is 10.2. The zero-order valence-electron chi connectivity index (χ0n) is 19.1. The molecule has 0 N–H and O–H groups in total. The van der Waals surface area contributed by atoms with Crippen molar-refractivity contribution in [2.45, 2.75) is 84.0 Å². The summed E-state index contributed by atoms with van der Waals surface area (Å²) in [7, 11) is 0. The fraction of sp³-hybridized carbons (Fsp3) is 0.586. The Kier molecular flexibility index (Phi) is 7.46. The molecule has 0 spiro atoms. The van der Waals surface area contributed by atoms with E-state index in [2.05, 4.69) is 18.7 Å². The van der Waals surface area contributed by atoms with Crippen molar-refractivity contribution in [1.82, 2.24) is 0 Å². The van der Waals surface area contributed by atoms with Gasteiger partial charge in [-0.2, -0.15) is 0 Å². The van der Waals surface area contributed by atoms with Crippen LogP contribution in [0.15, 0.2) is 36.9 Å². The SMILES string of the molecule is C=CC1CCC(C2CCC(CCc3ccc4cc(CCC)c(F)c(F)c4c3)CC2)CC1. The third-order valence-electron chi connectivity index (χ3n) is 8.23. The number of fused-ring (bicyclic) bond motifs is 1. The van der Waals surface area contributed by atoms with Gasteiger partial charge in [-0.25, -0.2) is 8.78 Å². The van der Waals surface area contributed by atoms with E-state index >= 15 is 0 Å². The summed E-state index contributed by atoms with van der Waals surface area (Å²) in [4.78, 5) is 0. The third-order valence-corrected chi connectivity index (χ3v) is 8.23. The first kappa shape index (κ1) is 22.5. The molecule has 4 rings (SSSR count). The smallest absolute Gasteiger partial charge is 0.166 e. The predicted octanol–water partition coefficient (Wildman–Crippen LogP) is 8.80. The molecule has 0 nitrogen and oxygen atoms in total.